The molecule has 7 heteroatoms. The Morgan fingerprint density at radius 3 is 2.78 bits per heavy atom. The maximum Gasteiger partial charge on any atom is 0.163 e. The zero-order chi connectivity index (χ0) is 12.7. The smallest absolute Gasteiger partial charge is 0.163 e. The van der Waals surface area contributed by atoms with Gasteiger partial charge in [0.15, 0.2) is 5.65 Å². The zero-order valence-corrected chi connectivity index (χ0v) is 10.3. The van der Waals surface area contributed by atoms with E-state index < -0.39 is 0 Å². The minimum absolute atomic E-state index is 0.401. The first-order valence-electron chi connectivity index (χ1n) is 5.22. The second-order valence-corrected chi connectivity index (χ2v) is 4.19. The third kappa shape index (κ3) is 1.58. The van der Waals surface area contributed by atoms with Gasteiger partial charge in [-0.25, -0.2) is 19.6 Å². The van der Waals surface area contributed by atoms with Crippen molar-refractivity contribution in [3.63, 3.8) is 0 Å². The van der Waals surface area contributed by atoms with Crippen molar-refractivity contribution in [3.8, 4) is 11.3 Å². The number of anilines is 1. The summed E-state index contributed by atoms with van der Waals surface area (Å²) in [6.45, 7) is 0. The number of fused-ring (bicyclic) bond motifs is 1. The SMILES string of the molecule is Cn1nc(-c2ccc(Cl)nc2)c2c(N)ncnc21. The van der Waals surface area contributed by atoms with E-state index in [1.807, 2.05) is 13.1 Å². The molecule has 90 valence electrons. The molecule has 0 spiro atoms. The van der Waals surface area contributed by atoms with E-state index in [1.54, 1.807) is 16.9 Å². The summed E-state index contributed by atoms with van der Waals surface area (Å²) in [6.07, 6.45) is 3.07. The predicted octanol–water partition coefficient (Wildman–Crippen LogP) is 1.66. The first-order valence-corrected chi connectivity index (χ1v) is 5.59. The largest absolute Gasteiger partial charge is 0.383 e. The van der Waals surface area contributed by atoms with Crippen LogP contribution < -0.4 is 5.73 Å². The molecule has 0 aliphatic rings. The highest BCUT2D eigenvalue weighted by Crippen LogP contribution is 2.29. The molecule has 3 aromatic heterocycles. The van der Waals surface area contributed by atoms with Crippen molar-refractivity contribution in [2.24, 2.45) is 7.05 Å². The zero-order valence-electron chi connectivity index (χ0n) is 9.50. The first-order chi connectivity index (χ1) is 8.66. The molecule has 6 nitrogen and oxygen atoms in total. The number of nitrogens with two attached hydrogens (primary N) is 1. The van der Waals surface area contributed by atoms with Crippen LogP contribution in [-0.2, 0) is 7.05 Å². The van der Waals surface area contributed by atoms with Gasteiger partial charge in [0.1, 0.15) is 23.0 Å². The molecule has 3 aromatic rings. The van der Waals surface area contributed by atoms with Crippen LogP contribution in [0.15, 0.2) is 24.7 Å². The van der Waals surface area contributed by atoms with Crippen molar-refractivity contribution >= 4 is 28.5 Å². The molecule has 0 saturated carbocycles. The Bertz CT molecular complexity index is 718. The molecule has 0 fully saturated rings. The fourth-order valence-corrected chi connectivity index (χ4v) is 1.94. The molecule has 0 bridgehead atoms. The first kappa shape index (κ1) is 10.9. The van der Waals surface area contributed by atoms with Gasteiger partial charge in [-0.2, -0.15) is 5.10 Å². The number of aromatic nitrogens is 5. The Balaban J connectivity index is 2.32. The average molecular weight is 261 g/mol. The molecule has 3 rings (SSSR count). The topological polar surface area (TPSA) is 82.5 Å². The fraction of sp³-hybridized carbons (Fsp3) is 0.0909. The van der Waals surface area contributed by atoms with Crippen molar-refractivity contribution in [1.29, 1.82) is 0 Å². The van der Waals surface area contributed by atoms with E-state index in [9.17, 15) is 0 Å². The molecule has 0 radical (unpaired) electrons. The molecule has 0 aliphatic heterocycles. The Morgan fingerprint density at radius 2 is 2.06 bits per heavy atom. The minimum atomic E-state index is 0.401. The van der Waals surface area contributed by atoms with Crippen molar-refractivity contribution < 1.29 is 0 Å². The minimum Gasteiger partial charge on any atom is -0.383 e. The second kappa shape index (κ2) is 3.92. The molecule has 0 aliphatic carbocycles. The lowest BCUT2D eigenvalue weighted by atomic mass is 10.1. The lowest BCUT2D eigenvalue weighted by Crippen LogP contribution is -1.95. The summed E-state index contributed by atoms with van der Waals surface area (Å²) in [5.74, 6) is 0.401. The third-order valence-corrected chi connectivity index (χ3v) is 2.87. The van der Waals surface area contributed by atoms with Crippen LogP contribution in [0.3, 0.4) is 0 Å². The van der Waals surface area contributed by atoms with E-state index in [2.05, 4.69) is 20.1 Å². The Kier molecular flexibility index (Phi) is 2.38. The molecular weight excluding hydrogens is 252 g/mol. The van der Waals surface area contributed by atoms with E-state index in [-0.39, 0.29) is 0 Å². The van der Waals surface area contributed by atoms with E-state index in [4.69, 9.17) is 17.3 Å². The van der Waals surface area contributed by atoms with Gasteiger partial charge in [-0.1, -0.05) is 11.6 Å². The Hall–Kier alpha value is -2.21. The van der Waals surface area contributed by atoms with Gasteiger partial charge in [-0.15, -0.1) is 0 Å². The van der Waals surface area contributed by atoms with E-state index >= 15 is 0 Å². The van der Waals surface area contributed by atoms with Gasteiger partial charge in [0.2, 0.25) is 0 Å². The van der Waals surface area contributed by atoms with Gasteiger partial charge in [-0.05, 0) is 12.1 Å². The number of pyridine rings is 1. The van der Waals surface area contributed by atoms with E-state index in [1.165, 1.54) is 6.33 Å². The molecule has 18 heavy (non-hydrogen) atoms. The highest BCUT2D eigenvalue weighted by Gasteiger charge is 2.15. The Morgan fingerprint density at radius 1 is 1.22 bits per heavy atom. The Labute approximate surface area is 107 Å². The summed E-state index contributed by atoms with van der Waals surface area (Å²) >= 11 is 5.77. The number of nitrogens with zero attached hydrogens (tertiary/aromatic N) is 5. The van der Waals surface area contributed by atoms with Crippen LogP contribution in [0.4, 0.5) is 5.82 Å². The van der Waals surface area contributed by atoms with Gasteiger partial charge in [0, 0.05) is 18.8 Å². The number of aryl methyl sites for hydroxylation is 1. The number of hydrogen-bond donors (Lipinski definition) is 1. The highest BCUT2D eigenvalue weighted by atomic mass is 35.5. The van der Waals surface area contributed by atoms with Gasteiger partial charge in [-0.3, -0.25) is 0 Å². The highest BCUT2D eigenvalue weighted by molar-refractivity contribution is 6.29. The molecule has 0 saturated heterocycles. The maximum atomic E-state index is 5.89. The average Bonchev–Trinajstić information content (AvgIpc) is 2.70. The van der Waals surface area contributed by atoms with Crippen LogP contribution in [0.1, 0.15) is 0 Å². The van der Waals surface area contributed by atoms with Gasteiger partial charge >= 0.3 is 0 Å². The van der Waals surface area contributed by atoms with Crippen LogP contribution in [0.25, 0.3) is 22.3 Å². The molecular formula is C11H9ClN6. The summed E-state index contributed by atoms with van der Waals surface area (Å²) in [7, 11) is 1.81. The quantitative estimate of drug-likeness (QED) is 0.673. The van der Waals surface area contributed by atoms with Crippen molar-refractivity contribution in [1.82, 2.24) is 24.7 Å². The summed E-state index contributed by atoms with van der Waals surface area (Å²) < 4.78 is 1.66. The molecule has 2 N–H and O–H groups in total. The number of rotatable bonds is 1. The van der Waals surface area contributed by atoms with Crippen molar-refractivity contribution in [2.75, 3.05) is 5.73 Å². The lowest BCUT2D eigenvalue weighted by molar-refractivity contribution is 0.788. The van der Waals surface area contributed by atoms with Crippen LogP contribution >= 0.6 is 11.6 Å². The van der Waals surface area contributed by atoms with Crippen LogP contribution in [0.2, 0.25) is 5.15 Å². The van der Waals surface area contributed by atoms with E-state index in [0.717, 1.165) is 10.9 Å². The number of hydrogen-bond acceptors (Lipinski definition) is 5. The summed E-state index contributed by atoms with van der Waals surface area (Å²) in [5.41, 5.74) is 8.10. The van der Waals surface area contributed by atoms with Crippen molar-refractivity contribution in [3.05, 3.63) is 29.8 Å². The molecule has 3 heterocycles. The third-order valence-electron chi connectivity index (χ3n) is 2.65. The predicted molar refractivity (Wildman–Crippen MR) is 69.0 cm³/mol. The second-order valence-electron chi connectivity index (χ2n) is 3.80. The van der Waals surface area contributed by atoms with Gasteiger partial charge in [0.05, 0.1) is 5.39 Å². The maximum absolute atomic E-state index is 5.89. The fourth-order valence-electron chi connectivity index (χ4n) is 1.83. The summed E-state index contributed by atoms with van der Waals surface area (Å²) in [6, 6.07) is 3.54. The van der Waals surface area contributed by atoms with Crippen LogP contribution in [0.5, 0.6) is 0 Å². The van der Waals surface area contributed by atoms with E-state index in [0.29, 0.717) is 22.3 Å². The number of nitrogen functional groups attached to an aromatic ring is 1. The summed E-state index contributed by atoms with van der Waals surface area (Å²) in [5, 5.41) is 5.56. The van der Waals surface area contributed by atoms with Gasteiger partial charge < -0.3 is 5.73 Å². The van der Waals surface area contributed by atoms with Crippen LogP contribution in [0, 0.1) is 0 Å². The lowest BCUT2D eigenvalue weighted by Gasteiger charge is -1.98. The van der Waals surface area contributed by atoms with Crippen LogP contribution in [-0.4, -0.2) is 24.7 Å². The molecule has 0 atom stereocenters. The normalized spacial score (nSPS) is 11.0. The number of halogens is 1. The standard InChI is InChI=1S/C11H9ClN6/c1-18-11-8(10(13)15-5-16-11)9(17-18)6-2-3-7(12)14-4-6/h2-5H,1H3,(H2,13,15,16). The molecule has 0 unspecified atom stereocenters. The monoisotopic (exact) mass is 260 g/mol. The van der Waals surface area contributed by atoms with Crippen molar-refractivity contribution in [2.45, 2.75) is 0 Å². The molecule has 0 amide bonds. The summed E-state index contributed by atoms with van der Waals surface area (Å²) in [4.78, 5) is 12.2. The molecule has 0 aromatic carbocycles. The van der Waals surface area contributed by atoms with Gasteiger partial charge in [0.25, 0.3) is 0 Å².